The van der Waals surface area contributed by atoms with Crippen LogP contribution in [-0.4, -0.2) is 62.3 Å². The van der Waals surface area contributed by atoms with Crippen LogP contribution in [0.4, 0.5) is 0 Å². The molecular formula is C30H40BrN3O6. The van der Waals surface area contributed by atoms with Crippen molar-refractivity contribution in [2.45, 2.75) is 59.4 Å². The average molecular weight is 619 g/mol. The number of ether oxygens (including phenoxy) is 3. The summed E-state index contributed by atoms with van der Waals surface area (Å²) in [6.07, 6.45) is 0.549. The summed E-state index contributed by atoms with van der Waals surface area (Å²) in [6.45, 7) is 10.8. The zero-order valence-electron chi connectivity index (χ0n) is 24.4. The molecule has 0 aromatic heterocycles. The number of rotatable bonds is 11. The lowest BCUT2D eigenvalue weighted by atomic mass is 9.83. The molecule has 1 aliphatic heterocycles. The maximum Gasteiger partial charge on any atom is 0.306 e. The summed E-state index contributed by atoms with van der Waals surface area (Å²) in [7, 11) is 3.13. The second-order valence-electron chi connectivity index (χ2n) is 10.4. The Hall–Kier alpha value is -3.40. The Kier molecular flexibility index (Phi) is 11.3. The fraction of sp³-hybridized carbons (Fsp3) is 0.467. The number of fused-ring (bicyclic) bond motifs is 1. The van der Waals surface area contributed by atoms with E-state index in [1.165, 1.54) is 0 Å². The second-order valence-corrected chi connectivity index (χ2v) is 10.4. The van der Waals surface area contributed by atoms with E-state index < -0.39 is 0 Å². The quantitative estimate of drug-likeness (QED) is 0.273. The van der Waals surface area contributed by atoms with E-state index in [2.05, 4.69) is 5.32 Å². The van der Waals surface area contributed by atoms with Crippen LogP contribution in [0.15, 0.2) is 24.3 Å². The van der Waals surface area contributed by atoms with Gasteiger partial charge in [0.25, 0.3) is 5.91 Å². The fourth-order valence-electron chi connectivity index (χ4n) is 4.72. The number of Topliss-reactive ketones (excluding diaryl/α,β-unsaturated/α-hetero) is 1. The van der Waals surface area contributed by atoms with Gasteiger partial charge < -0.3 is 24.4 Å². The lowest BCUT2D eigenvalue weighted by Gasteiger charge is -2.25. The van der Waals surface area contributed by atoms with Crippen molar-refractivity contribution in [3.05, 3.63) is 57.6 Å². The Morgan fingerprint density at radius 3 is 2.35 bits per heavy atom. The number of carbonyl (C=O) groups is 3. The van der Waals surface area contributed by atoms with E-state index in [1.807, 2.05) is 33.8 Å². The Morgan fingerprint density at radius 2 is 1.77 bits per heavy atom. The van der Waals surface area contributed by atoms with Crippen molar-refractivity contribution in [1.29, 1.82) is 5.41 Å². The first kappa shape index (κ1) is 32.8. The van der Waals surface area contributed by atoms with Gasteiger partial charge in [-0.1, -0.05) is 20.8 Å². The molecule has 10 heteroatoms. The Morgan fingerprint density at radius 1 is 1.07 bits per heavy atom. The summed E-state index contributed by atoms with van der Waals surface area (Å²) in [5.41, 5.74) is 3.58. The monoisotopic (exact) mass is 617 g/mol. The molecule has 0 saturated carbocycles. The van der Waals surface area contributed by atoms with Gasteiger partial charge in [0.2, 0.25) is 0 Å². The van der Waals surface area contributed by atoms with Crippen LogP contribution >= 0.6 is 17.0 Å². The molecule has 0 radical (unpaired) electrons. The lowest BCUT2D eigenvalue weighted by Crippen LogP contribution is -2.30. The number of halogens is 1. The van der Waals surface area contributed by atoms with Crippen LogP contribution in [0, 0.1) is 5.41 Å². The molecule has 0 bridgehead atoms. The van der Waals surface area contributed by atoms with Crippen molar-refractivity contribution < 1.29 is 28.6 Å². The predicted octanol–water partition coefficient (Wildman–Crippen LogP) is 4.85. The van der Waals surface area contributed by atoms with Crippen LogP contribution in [0.3, 0.4) is 0 Å². The minimum atomic E-state index is -0.317. The van der Waals surface area contributed by atoms with Crippen molar-refractivity contribution in [2.75, 3.05) is 33.9 Å². The molecular weight excluding hydrogens is 578 g/mol. The number of aryl methyl sites for hydroxylation is 1. The number of methoxy groups -OCH3 is 1. The zero-order chi connectivity index (χ0) is 28.9. The number of nitrogens with one attached hydrogen (secondary N) is 2. The minimum absolute atomic E-state index is 0. The smallest absolute Gasteiger partial charge is 0.306 e. The van der Waals surface area contributed by atoms with Crippen molar-refractivity contribution >= 4 is 40.5 Å². The fourth-order valence-corrected chi connectivity index (χ4v) is 4.72. The van der Waals surface area contributed by atoms with Crippen LogP contribution < -0.4 is 14.8 Å². The Bertz CT molecular complexity index is 1290. The Labute approximate surface area is 246 Å². The number of benzene rings is 2. The first-order valence-electron chi connectivity index (χ1n) is 13.2. The molecule has 0 spiro atoms. The van der Waals surface area contributed by atoms with Crippen molar-refractivity contribution in [2.24, 2.45) is 0 Å². The zero-order valence-corrected chi connectivity index (χ0v) is 26.1. The molecule has 218 valence electrons. The molecule has 3 rings (SSSR count). The summed E-state index contributed by atoms with van der Waals surface area (Å²) in [4.78, 5) is 39.8. The number of amidine groups is 1. The molecule has 0 fully saturated rings. The molecule has 1 amide bonds. The maximum absolute atomic E-state index is 13.6. The van der Waals surface area contributed by atoms with Gasteiger partial charge in [0.1, 0.15) is 17.3 Å². The molecule has 0 atom stereocenters. The van der Waals surface area contributed by atoms with Crippen LogP contribution in [-0.2, 0) is 27.9 Å². The lowest BCUT2D eigenvalue weighted by molar-refractivity contribution is -0.143. The van der Waals surface area contributed by atoms with Crippen LogP contribution in [0.5, 0.6) is 11.5 Å². The van der Waals surface area contributed by atoms with E-state index in [0.717, 1.165) is 16.7 Å². The molecule has 2 N–H and O–H groups in total. The minimum Gasteiger partial charge on any atom is -0.496 e. The second kappa shape index (κ2) is 13.8. The highest BCUT2D eigenvalue weighted by Gasteiger charge is 2.30. The number of hydrogen-bond acceptors (Lipinski definition) is 7. The van der Waals surface area contributed by atoms with Gasteiger partial charge in [0, 0.05) is 36.7 Å². The van der Waals surface area contributed by atoms with Crippen molar-refractivity contribution in [1.82, 2.24) is 10.2 Å². The number of carbonyl (C=O) groups excluding carboxylic acids is 3. The Balaban J connectivity index is 0.00000560. The molecule has 1 aliphatic rings. The number of nitrogens with zero attached hydrogens (tertiary/aromatic N) is 1. The van der Waals surface area contributed by atoms with E-state index in [9.17, 15) is 14.4 Å². The van der Waals surface area contributed by atoms with Crippen molar-refractivity contribution in [3.63, 3.8) is 0 Å². The third-order valence-electron chi connectivity index (χ3n) is 6.65. The highest BCUT2D eigenvalue weighted by Crippen LogP contribution is 2.37. The van der Waals surface area contributed by atoms with Crippen LogP contribution in [0.25, 0.3) is 0 Å². The number of amides is 1. The normalized spacial score (nSPS) is 12.4. The summed E-state index contributed by atoms with van der Waals surface area (Å²) in [5, 5.41) is 11.4. The van der Waals surface area contributed by atoms with Gasteiger partial charge in [-0.15, -0.1) is 17.0 Å². The first-order valence-corrected chi connectivity index (χ1v) is 13.2. The number of hydrogen-bond donors (Lipinski definition) is 2. The van der Waals surface area contributed by atoms with E-state index in [1.54, 1.807) is 44.2 Å². The first-order chi connectivity index (χ1) is 18.4. The average Bonchev–Trinajstić information content (AvgIpc) is 3.19. The van der Waals surface area contributed by atoms with Gasteiger partial charge >= 0.3 is 5.97 Å². The number of esters is 1. The van der Waals surface area contributed by atoms with Gasteiger partial charge in [-0.25, -0.2) is 0 Å². The highest BCUT2D eigenvalue weighted by atomic mass is 79.9. The standard InChI is InChI=1S/C30H39N3O6.BrH/c1-8-38-25-14-20-16-33(28(31)21(20)15-22(25)29(36)32-6)17-24(34)19-12-18(10-11-26(35)39-9-2)27(37-7)23(13-19)30(3,4)5;/h12-15,31H,8-11,16-17H2,1-7H3,(H,32,36);1H. The molecule has 2 aromatic carbocycles. The van der Waals surface area contributed by atoms with Gasteiger partial charge in [-0.3, -0.25) is 19.8 Å². The summed E-state index contributed by atoms with van der Waals surface area (Å²) in [5.74, 6) is 0.530. The van der Waals surface area contributed by atoms with Gasteiger partial charge in [-0.2, -0.15) is 0 Å². The molecule has 0 unspecified atom stereocenters. The predicted molar refractivity (Wildman–Crippen MR) is 160 cm³/mol. The maximum atomic E-state index is 13.6. The molecule has 1 heterocycles. The third-order valence-corrected chi connectivity index (χ3v) is 6.65. The van der Waals surface area contributed by atoms with Crippen LogP contribution in [0.2, 0.25) is 0 Å². The number of ketones is 1. The van der Waals surface area contributed by atoms with E-state index in [4.69, 9.17) is 19.6 Å². The van der Waals surface area contributed by atoms with Crippen molar-refractivity contribution in [3.8, 4) is 11.5 Å². The van der Waals surface area contributed by atoms with Crippen LogP contribution in [0.1, 0.15) is 84.0 Å². The summed E-state index contributed by atoms with van der Waals surface area (Å²) in [6, 6.07) is 7.06. The van der Waals surface area contributed by atoms with Gasteiger partial charge in [-0.05, 0) is 61.1 Å². The topological polar surface area (TPSA) is 118 Å². The third kappa shape index (κ3) is 7.21. The largest absolute Gasteiger partial charge is 0.496 e. The molecule has 0 saturated heterocycles. The molecule has 0 aliphatic carbocycles. The molecule has 40 heavy (non-hydrogen) atoms. The van der Waals surface area contributed by atoms with Gasteiger partial charge in [0.05, 0.1) is 32.4 Å². The molecule has 2 aromatic rings. The summed E-state index contributed by atoms with van der Waals surface area (Å²) < 4.78 is 16.5. The van der Waals surface area contributed by atoms with Gasteiger partial charge in [0.15, 0.2) is 5.78 Å². The summed E-state index contributed by atoms with van der Waals surface area (Å²) >= 11 is 0. The van der Waals surface area contributed by atoms with E-state index in [0.29, 0.717) is 54.4 Å². The van der Waals surface area contributed by atoms with E-state index in [-0.39, 0.29) is 58.9 Å². The molecule has 9 nitrogen and oxygen atoms in total. The highest BCUT2D eigenvalue weighted by molar-refractivity contribution is 8.93. The SMILES string of the molecule is Br.CCOC(=O)CCc1cc(C(=O)CN2Cc3cc(OCC)c(C(=O)NC)cc3C2=N)cc(C(C)(C)C)c1OC. The van der Waals surface area contributed by atoms with E-state index >= 15 is 0 Å².